The van der Waals surface area contributed by atoms with Crippen molar-refractivity contribution in [1.29, 1.82) is 0 Å². The molecule has 0 atom stereocenters. The zero-order valence-corrected chi connectivity index (χ0v) is 12.4. The number of rotatable bonds is 5. The van der Waals surface area contributed by atoms with Gasteiger partial charge in [-0.05, 0) is 52.0 Å². The molecule has 0 saturated carbocycles. The third-order valence-electron chi connectivity index (χ3n) is 3.06. The Labute approximate surface area is 115 Å². The summed E-state index contributed by atoms with van der Waals surface area (Å²) in [5, 5.41) is 4.75. The molecule has 2 aromatic rings. The predicted octanol–water partition coefficient (Wildman–Crippen LogP) is 3.43. The predicted molar refractivity (Wildman–Crippen MR) is 80.9 cm³/mol. The highest BCUT2D eigenvalue weighted by Gasteiger charge is 2.08. The van der Waals surface area contributed by atoms with Gasteiger partial charge in [-0.25, -0.2) is 0 Å². The van der Waals surface area contributed by atoms with Crippen LogP contribution in [-0.2, 0) is 6.54 Å². The van der Waals surface area contributed by atoms with Crippen LogP contribution in [0.3, 0.4) is 0 Å². The summed E-state index contributed by atoms with van der Waals surface area (Å²) in [7, 11) is 0. The van der Waals surface area contributed by atoms with Gasteiger partial charge >= 0.3 is 0 Å². The van der Waals surface area contributed by atoms with E-state index in [1.807, 2.05) is 13.0 Å². The van der Waals surface area contributed by atoms with Gasteiger partial charge in [-0.15, -0.1) is 0 Å². The SMILES string of the molecule is CCOc1ccc2c(ccn2CCNC(C)(C)C)c1. The van der Waals surface area contributed by atoms with E-state index in [-0.39, 0.29) is 5.54 Å². The molecule has 0 aliphatic rings. The van der Waals surface area contributed by atoms with Crippen molar-refractivity contribution >= 4 is 10.9 Å². The van der Waals surface area contributed by atoms with Gasteiger partial charge in [0.1, 0.15) is 5.75 Å². The Balaban J connectivity index is 2.08. The maximum Gasteiger partial charge on any atom is 0.120 e. The van der Waals surface area contributed by atoms with Crippen LogP contribution in [-0.4, -0.2) is 23.3 Å². The van der Waals surface area contributed by atoms with Crippen LogP contribution in [0.5, 0.6) is 5.75 Å². The van der Waals surface area contributed by atoms with Gasteiger partial charge in [-0.1, -0.05) is 0 Å². The van der Waals surface area contributed by atoms with Crippen molar-refractivity contribution < 1.29 is 4.74 Å². The summed E-state index contributed by atoms with van der Waals surface area (Å²) >= 11 is 0. The Morgan fingerprint density at radius 2 is 2.00 bits per heavy atom. The number of hydrogen-bond donors (Lipinski definition) is 1. The summed E-state index contributed by atoms with van der Waals surface area (Å²) < 4.78 is 7.81. The van der Waals surface area contributed by atoms with Gasteiger partial charge in [0.15, 0.2) is 0 Å². The van der Waals surface area contributed by atoms with Gasteiger partial charge in [0.05, 0.1) is 6.61 Å². The maximum absolute atomic E-state index is 5.53. The molecule has 0 unspecified atom stereocenters. The van der Waals surface area contributed by atoms with Gasteiger partial charge in [-0.3, -0.25) is 0 Å². The van der Waals surface area contributed by atoms with Gasteiger partial charge in [0, 0.05) is 35.7 Å². The summed E-state index contributed by atoms with van der Waals surface area (Å²) in [6, 6.07) is 8.43. The lowest BCUT2D eigenvalue weighted by molar-refractivity contribution is 0.340. The molecule has 2 rings (SSSR count). The summed E-state index contributed by atoms with van der Waals surface area (Å²) in [5.41, 5.74) is 1.43. The smallest absolute Gasteiger partial charge is 0.120 e. The Morgan fingerprint density at radius 1 is 1.21 bits per heavy atom. The lowest BCUT2D eigenvalue weighted by Gasteiger charge is -2.20. The molecule has 0 spiro atoms. The summed E-state index contributed by atoms with van der Waals surface area (Å²) in [6.07, 6.45) is 2.14. The zero-order chi connectivity index (χ0) is 13.9. The van der Waals surface area contributed by atoms with Gasteiger partial charge in [0.25, 0.3) is 0 Å². The van der Waals surface area contributed by atoms with E-state index in [1.165, 1.54) is 10.9 Å². The van der Waals surface area contributed by atoms with E-state index in [0.29, 0.717) is 6.61 Å². The minimum Gasteiger partial charge on any atom is -0.494 e. The Morgan fingerprint density at radius 3 is 2.68 bits per heavy atom. The van der Waals surface area contributed by atoms with Gasteiger partial charge in [-0.2, -0.15) is 0 Å². The van der Waals surface area contributed by atoms with Crippen LogP contribution in [0.25, 0.3) is 10.9 Å². The molecule has 3 heteroatoms. The lowest BCUT2D eigenvalue weighted by Crippen LogP contribution is -2.37. The monoisotopic (exact) mass is 260 g/mol. The number of nitrogens with one attached hydrogen (secondary N) is 1. The fourth-order valence-corrected chi connectivity index (χ4v) is 2.18. The van der Waals surface area contributed by atoms with E-state index >= 15 is 0 Å². The molecule has 104 valence electrons. The Bertz CT molecular complexity index is 537. The lowest BCUT2D eigenvalue weighted by atomic mass is 10.1. The highest BCUT2D eigenvalue weighted by Crippen LogP contribution is 2.22. The van der Waals surface area contributed by atoms with Crippen molar-refractivity contribution in [2.75, 3.05) is 13.2 Å². The van der Waals surface area contributed by atoms with Crippen LogP contribution in [0.4, 0.5) is 0 Å². The first kappa shape index (κ1) is 13.9. The molecule has 1 aromatic heterocycles. The van der Waals surface area contributed by atoms with Crippen LogP contribution in [0, 0.1) is 0 Å². The highest BCUT2D eigenvalue weighted by molar-refractivity contribution is 5.81. The maximum atomic E-state index is 5.53. The van der Waals surface area contributed by atoms with Crippen molar-refractivity contribution in [3.05, 3.63) is 30.5 Å². The second kappa shape index (κ2) is 5.66. The number of ether oxygens (including phenoxy) is 1. The molecule has 0 aliphatic carbocycles. The molecule has 3 nitrogen and oxygen atoms in total. The van der Waals surface area contributed by atoms with Gasteiger partial charge < -0.3 is 14.6 Å². The summed E-state index contributed by atoms with van der Waals surface area (Å²) in [6.45, 7) is 11.2. The third kappa shape index (κ3) is 3.74. The number of benzene rings is 1. The highest BCUT2D eigenvalue weighted by atomic mass is 16.5. The van der Waals surface area contributed by atoms with Crippen molar-refractivity contribution in [2.45, 2.75) is 39.8 Å². The molecular formula is C16H24N2O. The van der Waals surface area contributed by atoms with Crippen molar-refractivity contribution in [2.24, 2.45) is 0 Å². The van der Waals surface area contributed by atoms with E-state index in [0.717, 1.165) is 18.8 Å². The van der Waals surface area contributed by atoms with Crippen LogP contribution in [0.2, 0.25) is 0 Å². The second-order valence-corrected chi connectivity index (χ2v) is 5.84. The van der Waals surface area contributed by atoms with Crippen molar-refractivity contribution in [1.82, 2.24) is 9.88 Å². The standard InChI is InChI=1S/C16H24N2O/c1-5-19-14-6-7-15-13(12-14)8-10-18(15)11-9-17-16(2,3)4/h6-8,10,12,17H,5,9,11H2,1-4H3. The normalized spacial score (nSPS) is 12.0. The van der Waals surface area contributed by atoms with Crippen LogP contribution in [0.1, 0.15) is 27.7 Å². The number of aromatic nitrogens is 1. The summed E-state index contributed by atoms with van der Waals surface area (Å²) in [4.78, 5) is 0. The van der Waals surface area contributed by atoms with Crippen LogP contribution < -0.4 is 10.1 Å². The van der Waals surface area contributed by atoms with E-state index in [2.05, 4.69) is 55.1 Å². The average Bonchev–Trinajstić information content (AvgIpc) is 2.71. The van der Waals surface area contributed by atoms with E-state index < -0.39 is 0 Å². The van der Waals surface area contributed by atoms with E-state index in [4.69, 9.17) is 4.74 Å². The Hall–Kier alpha value is -1.48. The quantitative estimate of drug-likeness (QED) is 0.891. The van der Waals surface area contributed by atoms with E-state index in [9.17, 15) is 0 Å². The molecule has 1 heterocycles. The minimum absolute atomic E-state index is 0.172. The number of nitrogens with zero attached hydrogens (tertiary/aromatic N) is 1. The molecule has 0 saturated heterocycles. The molecule has 1 aromatic carbocycles. The fraction of sp³-hybridized carbons (Fsp3) is 0.500. The zero-order valence-electron chi connectivity index (χ0n) is 12.4. The first-order valence-corrected chi connectivity index (χ1v) is 6.96. The molecule has 0 bridgehead atoms. The average molecular weight is 260 g/mol. The van der Waals surface area contributed by atoms with E-state index in [1.54, 1.807) is 0 Å². The van der Waals surface area contributed by atoms with Gasteiger partial charge in [0.2, 0.25) is 0 Å². The molecule has 0 radical (unpaired) electrons. The first-order valence-electron chi connectivity index (χ1n) is 6.96. The van der Waals surface area contributed by atoms with Crippen LogP contribution >= 0.6 is 0 Å². The van der Waals surface area contributed by atoms with Crippen molar-refractivity contribution in [3.63, 3.8) is 0 Å². The first-order chi connectivity index (χ1) is 8.99. The fourth-order valence-electron chi connectivity index (χ4n) is 2.18. The molecule has 1 N–H and O–H groups in total. The third-order valence-corrected chi connectivity index (χ3v) is 3.06. The largest absolute Gasteiger partial charge is 0.494 e. The molecule has 19 heavy (non-hydrogen) atoms. The topological polar surface area (TPSA) is 26.2 Å². The molecule has 0 aliphatic heterocycles. The summed E-state index contributed by atoms with van der Waals surface area (Å²) in [5.74, 6) is 0.945. The molecule has 0 amide bonds. The van der Waals surface area contributed by atoms with Crippen LogP contribution in [0.15, 0.2) is 30.5 Å². The second-order valence-electron chi connectivity index (χ2n) is 5.84. The van der Waals surface area contributed by atoms with Crippen molar-refractivity contribution in [3.8, 4) is 5.75 Å². The number of hydrogen-bond acceptors (Lipinski definition) is 2. The number of fused-ring (bicyclic) bond motifs is 1. The molecular weight excluding hydrogens is 236 g/mol. The molecule has 0 fully saturated rings. The Kier molecular flexibility index (Phi) is 4.15. The minimum atomic E-state index is 0.172.